The lowest BCUT2D eigenvalue weighted by Gasteiger charge is -2.27. The van der Waals surface area contributed by atoms with E-state index in [2.05, 4.69) is 30.3 Å². The van der Waals surface area contributed by atoms with E-state index in [-0.39, 0.29) is 22.3 Å². The van der Waals surface area contributed by atoms with Gasteiger partial charge in [0, 0.05) is 13.3 Å². The summed E-state index contributed by atoms with van der Waals surface area (Å²) in [5.74, 6) is 0.988. The van der Waals surface area contributed by atoms with Crippen LogP contribution in [0.25, 0.3) is 0 Å². The van der Waals surface area contributed by atoms with Crippen LogP contribution in [-0.2, 0) is 28.9 Å². The number of benzene rings is 2. The molecule has 4 heteroatoms. The molecule has 2 unspecified atom stereocenters. The van der Waals surface area contributed by atoms with Crippen LogP contribution in [0.5, 0.6) is 5.75 Å². The predicted molar refractivity (Wildman–Crippen MR) is 106 cm³/mol. The van der Waals surface area contributed by atoms with Crippen LogP contribution in [-0.4, -0.2) is 22.3 Å². The van der Waals surface area contributed by atoms with Gasteiger partial charge in [0.15, 0.2) is 5.12 Å². The zero-order valence-electron chi connectivity index (χ0n) is 15.2. The van der Waals surface area contributed by atoms with E-state index in [1.165, 1.54) is 18.1 Å². The van der Waals surface area contributed by atoms with E-state index in [1.54, 1.807) is 6.92 Å². The molecule has 0 aliphatic carbocycles. The summed E-state index contributed by atoms with van der Waals surface area (Å²) in [5.41, 5.74) is 3.58. The fourth-order valence-electron chi connectivity index (χ4n) is 3.33. The van der Waals surface area contributed by atoms with E-state index < -0.39 is 0 Å². The zero-order chi connectivity index (χ0) is 18.5. The van der Waals surface area contributed by atoms with Crippen LogP contribution < -0.4 is 4.74 Å². The normalized spacial score (nSPS) is 17.1. The van der Waals surface area contributed by atoms with Gasteiger partial charge in [0.1, 0.15) is 17.6 Å². The average molecular weight is 368 g/mol. The number of thioether (sulfide) groups is 1. The third-order valence-electron chi connectivity index (χ3n) is 4.64. The SMILES string of the molecule is CC(=O)SC(Cc1ccc2c(c1)CCC(Cc1ccccc1)O2)C(C)=O. The highest BCUT2D eigenvalue weighted by Crippen LogP contribution is 2.31. The fraction of sp³-hybridized carbons (Fsp3) is 0.364. The Balaban J connectivity index is 1.66. The van der Waals surface area contributed by atoms with Gasteiger partial charge in [-0.1, -0.05) is 54.2 Å². The van der Waals surface area contributed by atoms with Gasteiger partial charge < -0.3 is 4.74 Å². The molecule has 1 aliphatic rings. The molecule has 0 spiro atoms. The molecule has 0 amide bonds. The van der Waals surface area contributed by atoms with Crippen molar-refractivity contribution < 1.29 is 14.3 Å². The zero-order valence-corrected chi connectivity index (χ0v) is 16.1. The molecule has 26 heavy (non-hydrogen) atoms. The first-order valence-electron chi connectivity index (χ1n) is 9.01. The smallest absolute Gasteiger partial charge is 0.186 e. The van der Waals surface area contributed by atoms with Crippen molar-refractivity contribution in [2.24, 2.45) is 0 Å². The summed E-state index contributed by atoms with van der Waals surface area (Å²) in [4.78, 5) is 23.1. The Labute approximate surface area is 159 Å². The number of hydrogen-bond donors (Lipinski definition) is 0. The van der Waals surface area contributed by atoms with E-state index in [9.17, 15) is 9.59 Å². The van der Waals surface area contributed by atoms with E-state index in [1.807, 2.05) is 18.2 Å². The minimum absolute atomic E-state index is 0.0183. The summed E-state index contributed by atoms with van der Waals surface area (Å²) >= 11 is 1.12. The van der Waals surface area contributed by atoms with Crippen LogP contribution in [0.1, 0.15) is 37.0 Å². The first-order chi connectivity index (χ1) is 12.5. The molecule has 2 atom stereocenters. The standard InChI is InChI=1S/C22H24O3S/c1-15(23)22(26-16(2)24)14-18-8-11-21-19(12-18)9-10-20(25-21)13-17-6-4-3-5-7-17/h3-8,11-12,20,22H,9-10,13-14H2,1-2H3. The number of rotatable bonds is 6. The molecular weight excluding hydrogens is 344 g/mol. The Hall–Kier alpha value is -2.07. The molecule has 0 radical (unpaired) electrons. The number of aryl methyl sites for hydroxylation is 1. The number of ether oxygens (including phenoxy) is 1. The first-order valence-corrected chi connectivity index (χ1v) is 9.89. The van der Waals surface area contributed by atoms with Crippen LogP contribution >= 0.6 is 11.8 Å². The molecule has 0 N–H and O–H groups in total. The van der Waals surface area contributed by atoms with Gasteiger partial charge >= 0.3 is 0 Å². The molecule has 0 saturated heterocycles. The third kappa shape index (κ3) is 4.98. The molecule has 1 aliphatic heterocycles. The number of carbonyl (C=O) groups excluding carboxylic acids is 2. The van der Waals surface area contributed by atoms with Gasteiger partial charge in [-0.15, -0.1) is 0 Å². The maximum absolute atomic E-state index is 11.8. The highest BCUT2D eigenvalue weighted by atomic mass is 32.2. The quantitative estimate of drug-likeness (QED) is 0.758. The monoisotopic (exact) mass is 368 g/mol. The van der Waals surface area contributed by atoms with E-state index >= 15 is 0 Å². The molecule has 2 aromatic rings. The first kappa shape index (κ1) is 18.7. The van der Waals surface area contributed by atoms with Gasteiger partial charge in [-0.05, 0) is 48.9 Å². The summed E-state index contributed by atoms with van der Waals surface area (Å²) in [6.45, 7) is 3.06. The molecule has 0 aromatic heterocycles. The van der Waals surface area contributed by atoms with Gasteiger partial charge in [0.05, 0.1) is 5.25 Å². The van der Waals surface area contributed by atoms with Crippen molar-refractivity contribution in [3.05, 3.63) is 65.2 Å². The van der Waals surface area contributed by atoms with Crippen molar-refractivity contribution in [3.63, 3.8) is 0 Å². The van der Waals surface area contributed by atoms with Crippen molar-refractivity contribution in [1.82, 2.24) is 0 Å². The van der Waals surface area contributed by atoms with Crippen molar-refractivity contribution in [1.29, 1.82) is 0 Å². The largest absolute Gasteiger partial charge is 0.490 e. The Morgan fingerprint density at radius 2 is 1.88 bits per heavy atom. The Kier molecular flexibility index (Phi) is 6.15. The molecule has 0 fully saturated rings. The van der Waals surface area contributed by atoms with Gasteiger partial charge in [0.2, 0.25) is 0 Å². The summed E-state index contributed by atoms with van der Waals surface area (Å²) < 4.78 is 6.18. The summed E-state index contributed by atoms with van der Waals surface area (Å²) in [6.07, 6.45) is 3.67. The summed E-state index contributed by atoms with van der Waals surface area (Å²) in [7, 11) is 0. The Morgan fingerprint density at radius 1 is 1.12 bits per heavy atom. The second-order valence-electron chi connectivity index (χ2n) is 6.82. The van der Waals surface area contributed by atoms with Crippen LogP contribution in [0, 0.1) is 0 Å². The Bertz CT molecular complexity index is 785. The minimum atomic E-state index is -0.305. The molecule has 136 valence electrons. The highest BCUT2D eigenvalue weighted by molar-refractivity contribution is 8.14. The number of carbonyl (C=O) groups is 2. The fourth-order valence-corrected chi connectivity index (χ4v) is 4.17. The predicted octanol–water partition coefficient (Wildman–Crippen LogP) is 4.40. The number of ketones is 1. The average Bonchev–Trinajstić information content (AvgIpc) is 2.61. The van der Waals surface area contributed by atoms with Crippen LogP contribution in [0.15, 0.2) is 48.5 Å². The van der Waals surface area contributed by atoms with Crippen LogP contribution in [0.4, 0.5) is 0 Å². The lowest BCUT2D eigenvalue weighted by Crippen LogP contribution is -2.25. The Morgan fingerprint density at radius 3 is 2.58 bits per heavy atom. The third-order valence-corrected chi connectivity index (χ3v) is 5.76. The van der Waals surface area contributed by atoms with E-state index in [0.717, 1.165) is 42.3 Å². The van der Waals surface area contributed by atoms with Gasteiger partial charge in [-0.25, -0.2) is 0 Å². The molecule has 0 bridgehead atoms. The van der Waals surface area contributed by atoms with Gasteiger partial charge in [-0.2, -0.15) is 0 Å². The molecule has 1 heterocycles. The van der Waals surface area contributed by atoms with Crippen LogP contribution in [0.3, 0.4) is 0 Å². The van der Waals surface area contributed by atoms with Crippen molar-refractivity contribution in [2.75, 3.05) is 0 Å². The highest BCUT2D eigenvalue weighted by Gasteiger charge is 2.22. The second-order valence-corrected chi connectivity index (χ2v) is 8.20. The van der Waals surface area contributed by atoms with Crippen molar-refractivity contribution in [3.8, 4) is 5.75 Å². The summed E-state index contributed by atoms with van der Waals surface area (Å²) in [5, 5.41) is -0.323. The minimum Gasteiger partial charge on any atom is -0.490 e. The van der Waals surface area contributed by atoms with Crippen LogP contribution in [0.2, 0.25) is 0 Å². The number of hydrogen-bond acceptors (Lipinski definition) is 4. The van der Waals surface area contributed by atoms with Gasteiger partial charge in [-0.3, -0.25) is 9.59 Å². The maximum Gasteiger partial charge on any atom is 0.186 e. The lowest BCUT2D eigenvalue weighted by atomic mass is 9.95. The van der Waals surface area contributed by atoms with Crippen molar-refractivity contribution in [2.45, 2.75) is 50.9 Å². The molecule has 2 aromatic carbocycles. The van der Waals surface area contributed by atoms with E-state index in [4.69, 9.17) is 4.74 Å². The topological polar surface area (TPSA) is 43.4 Å². The lowest BCUT2D eigenvalue weighted by molar-refractivity contribution is -0.117. The van der Waals surface area contributed by atoms with E-state index in [0.29, 0.717) is 6.42 Å². The van der Waals surface area contributed by atoms with Crippen molar-refractivity contribution >= 4 is 22.7 Å². The maximum atomic E-state index is 11.8. The number of fused-ring (bicyclic) bond motifs is 1. The molecule has 0 saturated carbocycles. The molecule has 3 rings (SSSR count). The number of Topliss-reactive ketones (excluding diaryl/α,β-unsaturated/α-hetero) is 1. The van der Waals surface area contributed by atoms with Gasteiger partial charge in [0.25, 0.3) is 0 Å². The second kappa shape index (κ2) is 8.54. The molecular formula is C22H24O3S. The molecule has 3 nitrogen and oxygen atoms in total. The summed E-state index contributed by atoms with van der Waals surface area (Å²) in [6, 6.07) is 16.6.